The minimum atomic E-state index is 0.606. The van der Waals surface area contributed by atoms with E-state index in [-0.39, 0.29) is 0 Å². The zero-order valence-corrected chi connectivity index (χ0v) is 23.0. The normalized spacial score (nSPS) is 11.7. The molecule has 2 heterocycles. The summed E-state index contributed by atoms with van der Waals surface area (Å²) in [5.41, 5.74) is 4.44. The van der Waals surface area contributed by atoms with E-state index in [1.807, 2.05) is 54.6 Å². The molecule has 0 bridgehead atoms. The average Bonchev–Trinajstić information content (AvgIpc) is 3.46. The van der Waals surface area contributed by atoms with Crippen molar-refractivity contribution >= 4 is 54.3 Å². The third-order valence-electron chi connectivity index (χ3n) is 8.31. The number of nitrogens with zero attached hydrogens (tertiary/aromatic N) is 3. The standard InChI is InChI=1S/C39H23N3O/c1-2-10-24(11-3-1)37-40-38(42-39(41-37)26-19-21-33-32-16-8-9-17-35(32)43-36(33)23-26)25-18-20-31-29-14-5-4-12-27(29)28-13-6-7-15-30(28)34(31)22-25/h1-23H. The van der Waals surface area contributed by atoms with Crippen LogP contribution < -0.4 is 0 Å². The highest BCUT2D eigenvalue weighted by Crippen LogP contribution is 2.37. The second-order valence-corrected chi connectivity index (χ2v) is 10.8. The predicted molar refractivity (Wildman–Crippen MR) is 176 cm³/mol. The lowest BCUT2D eigenvalue weighted by Gasteiger charge is -2.12. The van der Waals surface area contributed by atoms with Gasteiger partial charge in [-0.2, -0.15) is 0 Å². The van der Waals surface area contributed by atoms with Crippen molar-refractivity contribution in [1.82, 2.24) is 15.0 Å². The summed E-state index contributed by atoms with van der Waals surface area (Å²) < 4.78 is 6.20. The van der Waals surface area contributed by atoms with Crippen LogP contribution in [0.1, 0.15) is 0 Å². The Morgan fingerprint density at radius 3 is 1.40 bits per heavy atom. The predicted octanol–water partition coefficient (Wildman–Crippen LogP) is 10.2. The Balaban J connectivity index is 1.28. The minimum Gasteiger partial charge on any atom is -0.456 e. The molecule has 0 aliphatic heterocycles. The first-order valence-corrected chi connectivity index (χ1v) is 14.4. The van der Waals surface area contributed by atoms with Crippen molar-refractivity contribution in [2.45, 2.75) is 0 Å². The van der Waals surface area contributed by atoms with Crippen LogP contribution in [0.2, 0.25) is 0 Å². The zero-order chi connectivity index (χ0) is 28.3. The van der Waals surface area contributed by atoms with Gasteiger partial charge in [0.1, 0.15) is 11.2 Å². The molecule has 0 saturated carbocycles. The van der Waals surface area contributed by atoms with Gasteiger partial charge in [0.05, 0.1) is 0 Å². The van der Waals surface area contributed by atoms with Crippen LogP contribution in [-0.4, -0.2) is 15.0 Å². The number of para-hydroxylation sites is 1. The largest absolute Gasteiger partial charge is 0.456 e. The fourth-order valence-corrected chi connectivity index (χ4v) is 6.26. The van der Waals surface area contributed by atoms with E-state index >= 15 is 0 Å². The number of furan rings is 1. The van der Waals surface area contributed by atoms with Crippen molar-refractivity contribution in [2.75, 3.05) is 0 Å². The Morgan fingerprint density at radius 2 is 0.744 bits per heavy atom. The van der Waals surface area contributed by atoms with Crippen LogP contribution in [0.4, 0.5) is 0 Å². The van der Waals surface area contributed by atoms with Crippen LogP contribution in [-0.2, 0) is 0 Å². The lowest BCUT2D eigenvalue weighted by molar-refractivity contribution is 0.669. The number of benzene rings is 7. The van der Waals surface area contributed by atoms with E-state index in [4.69, 9.17) is 19.4 Å². The first-order chi connectivity index (χ1) is 21.3. The summed E-state index contributed by atoms with van der Waals surface area (Å²) in [7, 11) is 0. The molecule has 0 aliphatic carbocycles. The summed E-state index contributed by atoms with van der Waals surface area (Å²) in [6.07, 6.45) is 0. The molecule has 4 nitrogen and oxygen atoms in total. The maximum absolute atomic E-state index is 6.20. The van der Waals surface area contributed by atoms with E-state index in [9.17, 15) is 0 Å². The van der Waals surface area contributed by atoms with Crippen LogP contribution in [0.5, 0.6) is 0 Å². The molecule has 0 atom stereocenters. The van der Waals surface area contributed by atoms with E-state index in [1.54, 1.807) is 0 Å². The van der Waals surface area contributed by atoms with Gasteiger partial charge in [-0.25, -0.2) is 15.0 Å². The maximum Gasteiger partial charge on any atom is 0.164 e. The highest BCUT2D eigenvalue weighted by atomic mass is 16.3. The Morgan fingerprint density at radius 1 is 0.302 bits per heavy atom. The topological polar surface area (TPSA) is 51.8 Å². The first kappa shape index (κ1) is 23.8. The molecule has 0 radical (unpaired) electrons. The minimum absolute atomic E-state index is 0.606. The second-order valence-electron chi connectivity index (χ2n) is 10.8. The molecular formula is C39H23N3O. The molecule has 9 rings (SSSR count). The van der Waals surface area contributed by atoms with Crippen molar-refractivity contribution in [3.05, 3.63) is 140 Å². The Labute approximate surface area is 246 Å². The monoisotopic (exact) mass is 549 g/mol. The van der Waals surface area contributed by atoms with E-state index in [1.165, 1.54) is 32.3 Å². The fraction of sp³-hybridized carbons (Fsp3) is 0. The number of rotatable bonds is 3. The van der Waals surface area contributed by atoms with Gasteiger partial charge in [0.2, 0.25) is 0 Å². The smallest absolute Gasteiger partial charge is 0.164 e. The van der Waals surface area contributed by atoms with Gasteiger partial charge in [0.15, 0.2) is 17.5 Å². The van der Waals surface area contributed by atoms with Crippen molar-refractivity contribution < 1.29 is 4.42 Å². The van der Waals surface area contributed by atoms with Gasteiger partial charge in [0.25, 0.3) is 0 Å². The molecular weight excluding hydrogens is 526 g/mol. The van der Waals surface area contributed by atoms with Crippen LogP contribution in [0.25, 0.3) is 88.4 Å². The lowest BCUT2D eigenvalue weighted by atomic mass is 9.93. The van der Waals surface area contributed by atoms with E-state index in [2.05, 4.69) is 84.9 Å². The van der Waals surface area contributed by atoms with Gasteiger partial charge >= 0.3 is 0 Å². The molecule has 9 aromatic rings. The summed E-state index contributed by atoms with van der Waals surface area (Å²) in [6.45, 7) is 0. The van der Waals surface area contributed by atoms with Crippen LogP contribution in [0, 0.1) is 0 Å². The maximum atomic E-state index is 6.20. The lowest BCUT2D eigenvalue weighted by Crippen LogP contribution is -2.00. The van der Waals surface area contributed by atoms with E-state index in [0.29, 0.717) is 17.5 Å². The molecule has 200 valence electrons. The molecule has 2 aromatic heterocycles. The van der Waals surface area contributed by atoms with Crippen molar-refractivity contribution in [1.29, 1.82) is 0 Å². The summed E-state index contributed by atoms with van der Waals surface area (Å²) in [6, 6.07) is 48.1. The quantitative estimate of drug-likeness (QED) is 0.206. The zero-order valence-electron chi connectivity index (χ0n) is 23.0. The summed E-state index contributed by atoms with van der Waals surface area (Å²) in [4.78, 5) is 15.0. The average molecular weight is 550 g/mol. The highest BCUT2D eigenvalue weighted by Gasteiger charge is 2.16. The Kier molecular flexibility index (Phi) is 5.16. The number of fused-ring (bicyclic) bond motifs is 9. The van der Waals surface area contributed by atoms with Gasteiger partial charge in [-0.05, 0) is 56.6 Å². The number of hydrogen-bond acceptors (Lipinski definition) is 4. The third-order valence-corrected chi connectivity index (χ3v) is 8.31. The van der Waals surface area contributed by atoms with E-state index < -0.39 is 0 Å². The van der Waals surface area contributed by atoms with Crippen molar-refractivity contribution in [3.8, 4) is 34.2 Å². The summed E-state index contributed by atoms with van der Waals surface area (Å²) in [5.74, 6) is 1.87. The van der Waals surface area contributed by atoms with Gasteiger partial charge < -0.3 is 4.42 Å². The molecule has 0 amide bonds. The Hall–Kier alpha value is -5.87. The van der Waals surface area contributed by atoms with Crippen molar-refractivity contribution in [3.63, 3.8) is 0 Å². The van der Waals surface area contributed by atoms with Crippen LogP contribution in [0.3, 0.4) is 0 Å². The molecule has 4 heteroatoms. The molecule has 0 N–H and O–H groups in total. The molecule has 7 aromatic carbocycles. The molecule has 0 fully saturated rings. The van der Waals surface area contributed by atoms with Crippen LogP contribution in [0.15, 0.2) is 144 Å². The van der Waals surface area contributed by atoms with Gasteiger partial charge in [-0.1, -0.05) is 115 Å². The van der Waals surface area contributed by atoms with Gasteiger partial charge in [0, 0.05) is 27.5 Å². The van der Waals surface area contributed by atoms with Crippen LogP contribution >= 0.6 is 0 Å². The van der Waals surface area contributed by atoms with Gasteiger partial charge in [-0.15, -0.1) is 0 Å². The summed E-state index contributed by atoms with van der Waals surface area (Å²) >= 11 is 0. The summed E-state index contributed by atoms with van der Waals surface area (Å²) in [5, 5.41) is 9.52. The molecule has 0 saturated heterocycles. The molecule has 43 heavy (non-hydrogen) atoms. The second kappa shape index (κ2) is 9.33. The highest BCUT2D eigenvalue weighted by molar-refractivity contribution is 6.25. The third kappa shape index (κ3) is 3.81. The molecule has 0 unspecified atom stereocenters. The van der Waals surface area contributed by atoms with Crippen molar-refractivity contribution in [2.24, 2.45) is 0 Å². The first-order valence-electron chi connectivity index (χ1n) is 14.4. The fourth-order valence-electron chi connectivity index (χ4n) is 6.26. The SMILES string of the molecule is c1ccc(-c2nc(-c3ccc4c(c3)oc3ccccc34)nc(-c3ccc4c5ccccc5c5ccccc5c4c3)n2)cc1. The van der Waals surface area contributed by atoms with E-state index in [0.717, 1.165) is 38.6 Å². The number of hydrogen-bond donors (Lipinski definition) is 0. The molecule has 0 aliphatic rings. The Bertz CT molecular complexity index is 2480. The van der Waals surface area contributed by atoms with Gasteiger partial charge in [-0.3, -0.25) is 0 Å². The molecule has 0 spiro atoms. The number of aromatic nitrogens is 3.